The summed E-state index contributed by atoms with van der Waals surface area (Å²) in [5.74, 6) is 0. The molecule has 1 aromatic rings. The van der Waals surface area contributed by atoms with Crippen molar-refractivity contribution in [1.29, 1.82) is 0 Å². The van der Waals surface area contributed by atoms with Gasteiger partial charge in [0.25, 0.3) is 0 Å². The van der Waals surface area contributed by atoms with Crippen LogP contribution in [0.2, 0.25) is 19.6 Å². The van der Waals surface area contributed by atoms with Gasteiger partial charge in [0.05, 0.1) is 0 Å². The predicted octanol–water partition coefficient (Wildman–Crippen LogP) is -3.40. The smallest absolute Gasteiger partial charge is 1.00 e. The van der Waals surface area contributed by atoms with E-state index in [1.54, 1.807) is 14.6 Å². The molecule has 0 aromatic heterocycles. The van der Waals surface area contributed by atoms with Gasteiger partial charge in [-0.25, -0.2) is 0 Å². The largest absolute Gasteiger partial charge is 1.00 e. The molecule has 0 heterocycles. The number of rotatable bonds is 3. The van der Waals surface area contributed by atoms with Gasteiger partial charge in [0.1, 0.15) is 0 Å². The van der Waals surface area contributed by atoms with Crippen LogP contribution in [0, 0.1) is 13.8 Å². The molecule has 0 bridgehead atoms. The molecule has 0 radical (unpaired) electrons. The van der Waals surface area contributed by atoms with E-state index in [4.69, 9.17) is 0 Å². The van der Waals surface area contributed by atoms with E-state index in [1.807, 2.05) is 0 Å². The maximum atomic E-state index is 2.50. The Morgan fingerprint density at radius 1 is 1.00 bits per heavy atom. The number of aryl methyl sites for hydroxylation is 1. The van der Waals surface area contributed by atoms with Crippen LogP contribution >= 0.6 is 0 Å². The Balaban J connectivity index is 0. The minimum absolute atomic E-state index is 0. The van der Waals surface area contributed by atoms with Gasteiger partial charge >= 0.3 is 143 Å². The Morgan fingerprint density at radius 3 is 2.00 bits per heavy atom. The van der Waals surface area contributed by atoms with E-state index >= 15 is 0 Å². The zero-order valence-corrected chi connectivity index (χ0v) is 20.5. The van der Waals surface area contributed by atoms with Gasteiger partial charge in [0, 0.05) is 0 Å². The zero-order chi connectivity index (χ0) is 16.0. The summed E-state index contributed by atoms with van der Waals surface area (Å²) >= 11 is 2.35. The molecule has 0 aliphatic heterocycles. The molecule has 24 heavy (non-hydrogen) atoms. The molecule has 0 unspecified atom stereocenters. The molecule has 0 nitrogen and oxygen atoms in total. The zero-order valence-electron chi connectivity index (χ0n) is 15.7. The molecule has 0 saturated heterocycles. The van der Waals surface area contributed by atoms with Gasteiger partial charge in [-0.05, 0) is 0 Å². The van der Waals surface area contributed by atoms with Gasteiger partial charge in [-0.3, -0.25) is 0 Å². The first-order valence-corrected chi connectivity index (χ1v) is 12.1. The maximum absolute atomic E-state index is 2.50. The molecule has 0 amide bonds. The Morgan fingerprint density at radius 2 is 1.54 bits per heavy atom. The SMILES string of the molecule is Cc1cccc(C(C)(C)C2=[C]([Ti+3])C([Si](C)(C)C)=CC2)c1C.[Cl-].[Cl-].[Cl-]. The van der Waals surface area contributed by atoms with Crippen molar-refractivity contribution in [3.05, 3.63) is 55.6 Å². The van der Waals surface area contributed by atoms with Crippen LogP contribution in [-0.2, 0) is 25.9 Å². The Hall–Kier alpha value is 0.501. The fourth-order valence-electron chi connectivity index (χ4n) is 3.41. The van der Waals surface area contributed by atoms with Crippen molar-refractivity contribution in [3.63, 3.8) is 0 Å². The molecule has 0 saturated carbocycles. The van der Waals surface area contributed by atoms with Crippen molar-refractivity contribution < 1.29 is 57.7 Å². The number of hydrogen-bond acceptors (Lipinski definition) is 0. The number of halogens is 3. The second-order valence-corrected chi connectivity index (χ2v) is 13.6. The maximum Gasteiger partial charge on any atom is -1.00 e. The van der Waals surface area contributed by atoms with Crippen LogP contribution in [0.5, 0.6) is 0 Å². The Kier molecular flexibility index (Phi) is 10.5. The Labute approximate surface area is 179 Å². The van der Waals surface area contributed by atoms with E-state index in [0.717, 1.165) is 6.42 Å². The first-order chi connectivity index (χ1) is 9.56. The van der Waals surface area contributed by atoms with Crippen molar-refractivity contribution in [3.8, 4) is 0 Å². The van der Waals surface area contributed by atoms with E-state index in [-0.39, 0.29) is 42.6 Å². The van der Waals surface area contributed by atoms with E-state index in [2.05, 4.69) is 92.0 Å². The summed E-state index contributed by atoms with van der Waals surface area (Å²) in [7, 11) is -1.23. The molecule has 0 fully saturated rings. The van der Waals surface area contributed by atoms with Crippen LogP contribution in [0.3, 0.4) is 0 Å². The van der Waals surface area contributed by atoms with Crippen LogP contribution in [-0.4, -0.2) is 8.07 Å². The number of benzene rings is 1. The Bertz CT molecular complexity index is 641. The third-order valence-corrected chi connectivity index (χ3v) is 8.27. The van der Waals surface area contributed by atoms with Gasteiger partial charge in [-0.2, -0.15) is 0 Å². The summed E-state index contributed by atoms with van der Waals surface area (Å²) < 4.78 is 1.57. The average Bonchev–Trinajstić information content (AvgIpc) is 2.74. The monoisotopic (exact) mass is 436 g/mol. The molecular formula is C19H27Cl3SiTi. The van der Waals surface area contributed by atoms with Gasteiger partial charge in [-0.1, -0.05) is 0 Å². The summed E-state index contributed by atoms with van der Waals surface area (Å²) in [5, 5.41) is 1.66. The van der Waals surface area contributed by atoms with Crippen LogP contribution in [0.4, 0.5) is 0 Å². The van der Waals surface area contributed by atoms with Crippen molar-refractivity contribution in [2.24, 2.45) is 0 Å². The minimum Gasteiger partial charge on any atom is -1.00 e. The minimum atomic E-state index is -1.23. The fraction of sp³-hybridized carbons (Fsp3) is 0.474. The predicted molar refractivity (Wildman–Crippen MR) is 92.0 cm³/mol. The van der Waals surface area contributed by atoms with Crippen molar-refractivity contribution in [2.75, 3.05) is 0 Å². The topological polar surface area (TPSA) is 0 Å². The van der Waals surface area contributed by atoms with E-state index in [1.165, 1.54) is 16.7 Å². The first-order valence-electron chi connectivity index (χ1n) is 7.79. The normalized spacial score (nSPS) is 14.5. The van der Waals surface area contributed by atoms with E-state index in [9.17, 15) is 0 Å². The quantitative estimate of drug-likeness (QED) is 0.433. The van der Waals surface area contributed by atoms with Crippen molar-refractivity contribution in [1.82, 2.24) is 0 Å². The summed E-state index contributed by atoms with van der Waals surface area (Å²) in [6.07, 6.45) is 3.63. The molecule has 2 rings (SSSR count). The third kappa shape index (κ3) is 5.02. The van der Waals surface area contributed by atoms with Crippen molar-refractivity contribution in [2.45, 2.75) is 59.2 Å². The molecule has 5 heteroatoms. The molecule has 1 aromatic carbocycles. The van der Waals surface area contributed by atoms with Crippen LogP contribution < -0.4 is 37.2 Å². The van der Waals surface area contributed by atoms with Gasteiger partial charge in [-0.15, -0.1) is 0 Å². The molecule has 1 aliphatic carbocycles. The summed E-state index contributed by atoms with van der Waals surface area (Å²) in [4.78, 5) is 0. The standard InChI is InChI=1S/C19H27Si.3ClH.Ti/c1-14-9-8-10-18(15(14)2)19(3,4)16-11-12-17(13-16)20(5,6)7;;;;/h8-10,12H,11H2,1-7H3;3*1H;/q;;;;+3/p-3. The molecule has 0 atom stereocenters. The van der Waals surface area contributed by atoms with Crippen LogP contribution in [0.15, 0.2) is 38.9 Å². The van der Waals surface area contributed by atoms with Gasteiger partial charge in [0.2, 0.25) is 0 Å². The average molecular weight is 438 g/mol. The summed E-state index contributed by atoms with van der Waals surface area (Å²) in [6, 6.07) is 6.74. The molecule has 0 N–H and O–H groups in total. The van der Waals surface area contributed by atoms with E-state index < -0.39 is 8.07 Å². The molecule has 0 spiro atoms. The second-order valence-electron chi connectivity index (χ2n) is 7.80. The fourth-order valence-corrected chi connectivity index (χ4v) is 7.59. The van der Waals surface area contributed by atoms with E-state index in [0.29, 0.717) is 0 Å². The van der Waals surface area contributed by atoms with Gasteiger partial charge in [0.15, 0.2) is 0 Å². The second kappa shape index (κ2) is 9.44. The number of allylic oxidation sites excluding steroid dienone is 4. The molecular weight excluding hydrogens is 411 g/mol. The van der Waals surface area contributed by atoms with Crippen molar-refractivity contribution >= 4 is 8.07 Å². The third-order valence-electron chi connectivity index (χ3n) is 4.92. The van der Waals surface area contributed by atoms with Gasteiger partial charge < -0.3 is 37.2 Å². The summed E-state index contributed by atoms with van der Waals surface area (Å²) in [6.45, 7) is 16.6. The van der Waals surface area contributed by atoms with Crippen LogP contribution in [0.1, 0.15) is 37.0 Å². The molecule has 132 valence electrons. The first kappa shape index (κ1) is 26.7. The van der Waals surface area contributed by atoms with Crippen LogP contribution in [0.25, 0.3) is 0 Å². The summed E-state index contributed by atoms with van der Waals surface area (Å²) in [5.41, 5.74) is 6.08. The number of hydrogen-bond donors (Lipinski definition) is 0. The molecule has 1 aliphatic rings.